The third kappa shape index (κ3) is 2.68. The fourth-order valence-corrected chi connectivity index (χ4v) is 4.57. The van der Waals surface area contributed by atoms with Crippen LogP contribution < -0.4 is 5.32 Å². The molecule has 1 fully saturated rings. The van der Waals surface area contributed by atoms with E-state index in [9.17, 15) is 8.42 Å². The Bertz CT molecular complexity index is 563. The summed E-state index contributed by atoms with van der Waals surface area (Å²) in [6.45, 7) is 5.32. The second-order valence-corrected chi connectivity index (χ2v) is 7.38. The SMILES string of the molecule is O=S1(=O)CCc2c(CCN3CCNCC3)cccc21. The number of sulfone groups is 1. The van der Waals surface area contributed by atoms with Crippen molar-refractivity contribution in [1.82, 2.24) is 10.2 Å². The minimum absolute atomic E-state index is 0.285. The molecule has 5 heteroatoms. The van der Waals surface area contributed by atoms with Crippen molar-refractivity contribution in [2.75, 3.05) is 38.5 Å². The number of fused-ring (bicyclic) bond motifs is 1. The number of nitrogens with one attached hydrogen (secondary N) is 1. The fourth-order valence-electron chi connectivity index (χ4n) is 2.98. The molecule has 1 aromatic rings. The molecule has 19 heavy (non-hydrogen) atoms. The lowest BCUT2D eigenvalue weighted by Crippen LogP contribution is -2.44. The molecule has 1 saturated heterocycles. The maximum Gasteiger partial charge on any atom is 0.178 e. The smallest absolute Gasteiger partial charge is 0.178 e. The maximum atomic E-state index is 11.9. The average Bonchev–Trinajstić information content (AvgIpc) is 2.74. The zero-order valence-electron chi connectivity index (χ0n) is 11.1. The van der Waals surface area contributed by atoms with Crippen LogP contribution in [0.4, 0.5) is 0 Å². The average molecular weight is 280 g/mol. The molecule has 0 radical (unpaired) electrons. The number of nitrogens with zero attached hydrogens (tertiary/aromatic N) is 1. The second-order valence-electron chi connectivity index (χ2n) is 5.30. The summed E-state index contributed by atoms with van der Waals surface area (Å²) in [4.78, 5) is 3.02. The van der Waals surface area contributed by atoms with Gasteiger partial charge < -0.3 is 10.2 Å². The van der Waals surface area contributed by atoms with Crippen molar-refractivity contribution in [3.05, 3.63) is 29.3 Å². The standard InChI is InChI=1S/C14H20N2O2S/c17-19(18)11-5-13-12(2-1-3-14(13)19)4-8-16-9-6-15-7-10-16/h1-3,15H,4-11H2. The van der Waals surface area contributed by atoms with Crippen LogP contribution in [0.2, 0.25) is 0 Å². The molecule has 0 saturated carbocycles. The maximum absolute atomic E-state index is 11.9. The molecule has 0 bridgehead atoms. The number of benzene rings is 1. The fraction of sp³-hybridized carbons (Fsp3) is 0.571. The van der Waals surface area contributed by atoms with Gasteiger partial charge in [0.2, 0.25) is 0 Å². The van der Waals surface area contributed by atoms with E-state index in [1.54, 1.807) is 6.07 Å². The molecule has 0 atom stereocenters. The van der Waals surface area contributed by atoms with E-state index in [4.69, 9.17) is 0 Å². The highest BCUT2D eigenvalue weighted by atomic mass is 32.2. The van der Waals surface area contributed by atoms with Crippen LogP contribution in [0.1, 0.15) is 11.1 Å². The molecule has 3 rings (SSSR count). The molecular formula is C14H20N2O2S. The van der Waals surface area contributed by atoms with E-state index in [0.29, 0.717) is 11.3 Å². The summed E-state index contributed by atoms with van der Waals surface area (Å²) >= 11 is 0. The van der Waals surface area contributed by atoms with Crippen LogP contribution in [-0.4, -0.2) is 51.8 Å². The van der Waals surface area contributed by atoms with Crippen LogP contribution in [0.5, 0.6) is 0 Å². The Morgan fingerprint density at radius 1 is 1.21 bits per heavy atom. The lowest BCUT2D eigenvalue weighted by atomic mass is 10.0. The Morgan fingerprint density at radius 3 is 2.79 bits per heavy atom. The van der Waals surface area contributed by atoms with Gasteiger partial charge in [-0.25, -0.2) is 8.42 Å². The van der Waals surface area contributed by atoms with Crippen molar-refractivity contribution in [3.63, 3.8) is 0 Å². The Labute approximate surface area is 114 Å². The molecule has 2 aliphatic heterocycles. The van der Waals surface area contributed by atoms with Crippen LogP contribution in [-0.2, 0) is 22.7 Å². The van der Waals surface area contributed by atoms with Gasteiger partial charge in [-0.15, -0.1) is 0 Å². The number of hydrogen-bond acceptors (Lipinski definition) is 4. The molecule has 1 N–H and O–H groups in total. The van der Waals surface area contributed by atoms with E-state index in [1.807, 2.05) is 6.07 Å². The summed E-state index contributed by atoms with van der Waals surface area (Å²) < 4.78 is 23.8. The van der Waals surface area contributed by atoms with E-state index >= 15 is 0 Å². The number of rotatable bonds is 3. The van der Waals surface area contributed by atoms with Crippen molar-refractivity contribution in [1.29, 1.82) is 0 Å². The highest BCUT2D eigenvalue weighted by Gasteiger charge is 2.27. The van der Waals surface area contributed by atoms with Crippen molar-refractivity contribution in [3.8, 4) is 0 Å². The molecule has 2 aliphatic rings. The van der Waals surface area contributed by atoms with Gasteiger partial charge in [-0.1, -0.05) is 12.1 Å². The van der Waals surface area contributed by atoms with Crippen molar-refractivity contribution < 1.29 is 8.42 Å². The van der Waals surface area contributed by atoms with Gasteiger partial charge in [0.1, 0.15) is 0 Å². The molecule has 0 amide bonds. The first-order valence-corrected chi connectivity index (χ1v) is 8.59. The van der Waals surface area contributed by atoms with Crippen LogP contribution in [0.25, 0.3) is 0 Å². The quantitative estimate of drug-likeness (QED) is 0.874. The van der Waals surface area contributed by atoms with Gasteiger partial charge in [0.15, 0.2) is 9.84 Å². The van der Waals surface area contributed by atoms with Crippen LogP contribution in [0.15, 0.2) is 23.1 Å². The largest absolute Gasteiger partial charge is 0.314 e. The lowest BCUT2D eigenvalue weighted by Gasteiger charge is -2.27. The van der Waals surface area contributed by atoms with E-state index in [2.05, 4.69) is 16.3 Å². The minimum Gasteiger partial charge on any atom is -0.314 e. The number of hydrogen-bond donors (Lipinski definition) is 1. The van der Waals surface area contributed by atoms with Crippen molar-refractivity contribution in [2.24, 2.45) is 0 Å². The molecule has 4 nitrogen and oxygen atoms in total. The summed E-state index contributed by atoms with van der Waals surface area (Å²) in [6.07, 6.45) is 1.65. The van der Waals surface area contributed by atoms with E-state index in [1.165, 1.54) is 5.56 Å². The minimum atomic E-state index is -2.99. The van der Waals surface area contributed by atoms with Gasteiger partial charge >= 0.3 is 0 Å². The summed E-state index contributed by atoms with van der Waals surface area (Å²) in [7, 11) is -2.99. The van der Waals surface area contributed by atoms with Crippen molar-refractivity contribution in [2.45, 2.75) is 17.7 Å². The van der Waals surface area contributed by atoms with Gasteiger partial charge in [-0.05, 0) is 30.0 Å². The highest BCUT2D eigenvalue weighted by molar-refractivity contribution is 7.91. The summed E-state index contributed by atoms with van der Waals surface area (Å²) in [6, 6.07) is 5.72. The first kappa shape index (κ1) is 13.1. The second kappa shape index (κ2) is 5.23. The first-order chi connectivity index (χ1) is 9.17. The van der Waals surface area contributed by atoms with Crippen LogP contribution in [0.3, 0.4) is 0 Å². The van der Waals surface area contributed by atoms with Gasteiger partial charge in [-0.2, -0.15) is 0 Å². The van der Waals surface area contributed by atoms with Gasteiger partial charge in [0.05, 0.1) is 10.6 Å². The van der Waals surface area contributed by atoms with Gasteiger partial charge in [-0.3, -0.25) is 0 Å². The van der Waals surface area contributed by atoms with Crippen LogP contribution in [0, 0.1) is 0 Å². The predicted molar refractivity (Wildman–Crippen MR) is 75.2 cm³/mol. The highest BCUT2D eigenvalue weighted by Crippen LogP contribution is 2.28. The predicted octanol–water partition coefficient (Wildman–Crippen LogP) is 0.464. The Morgan fingerprint density at radius 2 is 2.00 bits per heavy atom. The third-order valence-electron chi connectivity index (χ3n) is 4.09. The zero-order chi connectivity index (χ0) is 13.3. The molecule has 0 spiro atoms. The van der Waals surface area contributed by atoms with E-state index in [-0.39, 0.29) is 5.75 Å². The Kier molecular flexibility index (Phi) is 3.60. The third-order valence-corrected chi connectivity index (χ3v) is 5.89. The topological polar surface area (TPSA) is 49.4 Å². The molecule has 2 heterocycles. The molecular weight excluding hydrogens is 260 g/mol. The molecule has 0 aromatic heterocycles. The lowest BCUT2D eigenvalue weighted by molar-refractivity contribution is 0.243. The molecule has 1 aromatic carbocycles. The summed E-state index contributed by atoms with van der Waals surface area (Å²) in [5.41, 5.74) is 2.29. The van der Waals surface area contributed by atoms with Crippen LogP contribution >= 0.6 is 0 Å². The monoisotopic (exact) mass is 280 g/mol. The first-order valence-electron chi connectivity index (χ1n) is 6.93. The normalized spacial score (nSPS) is 22.3. The Hall–Kier alpha value is -0.910. The summed E-state index contributed by atoms with van der Waals surface area (Å²) in [5.74, 6) is 0.285. The van der Waals surface area contributed by atoms with E-state index < -0.39 is 9.84 Å². The van der Waals surface area contributed by atoms with E-state index in [0.717, 1.165) is 44.7 Å². The number of piperazine rings is 1. The molecule has 0 unspecified atom stereocenters. The zero-order valence-corrected chi connectivity index (χ0v) is 11.9. The Balaban J connectivity index is 1.74. The summed E-state index contributed by atoms with van der Waals surface area (Å²) in [5, 5.41) is 3.34. The van der Waals surface area contributed by atoms with Gasteiger partial charge in [0, 0.05) is 32.7 Å². The van der Waals surface area contributed by atoms with Gasteiger partial charge in [0.25, 0.3) is 0 Å². The molecule has 0 aliphatic carbocycles. The molecule has 104 valence electrons. The van der Waals surface area contributed by atoms with Crippen molar-refractivity contribution >= 4 is 9.84 Å².